The lowest BCUT2D eigenvalue weighted by molar-refractivity contribution is -0.143. The van der Waals surface area contributed by atoms with Gasteiger partial charge in [-0.25, -0.2) is 0 Å². The first-order valence-corrected chi connectivity index (χ1v) is 12.8. The van der Waals surface area contributed by atoms with E-state index >= 15 is 0 Å². The van der Waals surface area contributed by atoms with E-state index in [2.05, 4.69) is 67.5 Å². The summed E-state index contributed by atoms with van der Waals surface area (Å²) in [7, 11) is 0. The van der Waals surface area contributed by atoms with Gasteiger partial charge in [0, 0.05) is 6.42 Å². The van der Waals surface area contributed by atoms with Gasteiger partial charge >= 0.3 is 5.97 Å². The fourth-order valence-electron chi connectivity index (χ4n) is 4.03. The Kier molecular flexibility index (Phi) is 11.8. The number of unbranched alkanes of at least 4 members (excludes halogenated alkanes) is 6. The maximum atomic E-state index is 12.2. The summed E-state index contributed by atoms with van der Waals surface area (Å²) in [5.74, 6) is 1.08. The average Bonchev–Trinajstić information content (AvgIpc) is 2.66. The summed E-state index contributed by atoms with van der Waals surface area (Å²) in [5, 5.41) is 10.8. The molecule has 1 N–H and O–H groups in total. The highest BCUT2D eigenvalue weighted by Crippen LogP contribution is 2.40. The molecule has 0 heterocycles. The van der Waals surface area contributed by atoms with Crippen LogP contribution in [0.5, 0.6) is 5.75 Å². The summed E-state index contributed by atoms with van der Waals surface area (Å²) in [6, 6.07) is 4.11. The minimum Gasteiger partial charge on any atom is -0.507 e. The summed E-state index contributed by atoms with van der Waals surface area (Å²) < 4.78 is 5.47. The predicted octanol–water partition coefficient (Wildman–Crippen LogP) is 8.24. The van der Waals surface area contributed by atoms with Crippen LogP contribution in [0.3, 0.4) is 0 Å². The molecule has 0 aliphatic carbocycles. The molecule has 184 valence electrons. The van der Waals surface area contributed by atoms with Gasteiger partial charge in [0.2, 0.25) is 0 Å². The van der Waals surface area contributed by atoms with Crippen molar-refractivity contribution < 1.29 is 14.6 Å². The van der Waals surface area contributed by atoms with E-state index in [-0.39, 0.29) is 16.8 Å². The Morgan fingerprint density at radius 3 is 1.78 bits per heavy atom. The maximum Gasteiger partial charge on any atom is 0.306 e. The number of rotatable bonds is 13. The first-order chi connectivity index (χ1) is 14.8. The second-order valence-corrected chi connectivity index (χ2v) is 11.9. The normalized spacial score (nSPS) is 12.4. The van der Waals surface area contributed by atoms with Crippen molar-refractivity contribution in [1.82, 2.24) is 0 Å². The number of benzene rings is 1. The van der Waals surface area contributed by atoms with E-state index in [1.807, 2.05) is 0 Å². The van der Waals surface area contributed by atoms with Crippen LogP contribution in [0, 0.1) is 5.92 Å². The number of hydrogen-bond donors (Lipinski definition) is 1. The predicted molar refractivity (Wildman–Crippen MR) is 137 cm³/mol. The first-order valence-electron chi connectivity index (χ1n) is 12.8. The van der Waals surface area contributed by atoms with Gasteiger partial charge in [0.05, 0.1) is 6.61 Å². The molecular formula is C29H50O3. The van der Waals surface area contributed by atoms with E-state index in [4.69, 9.17) is 4.74 Å². The number of aryl methyl sites for hydroxylation is 1. The van der Waals surface area contributed by atoms with Gasteiger partial charge in [-0.15, -0.1) is 0 Å². The molecule has 0 aromatic heterocycles. The lowest BCUT2D eigenvalue weighted by Crippen LogP contribution is -2.18. The molecule has 0 spiro atoms. The Morgan fingerprint density at radius 2 is 1.31 bits per heavy atom. The fourth-order valence-corrected chi connectivity index (χ4v) is 4.03. The molecule has 0 aliphatic rings. The van der Waals surface area contributed by atoms with E-state index in [1.165, 1.54) is 38.5 Å². The Hall–Kier alpha value is -1.51. The van der Waals surface area contributed by atoms with E-state index in [0.717, 1.165) is 35.4 Å². The molecule has 0 fully saturated rings. The number of carbonyl (C=O) groups excluding carboxylic acids is 1. The van der Waals surface area contributed by atoms with Crippen LogP contribution in [0.4, 0.5) is 0 Å². The van der Waals surface area contributed by atoms with Gasteiger partial charge in [0.15, 0.2) is 0 Å². The summed E-state index contributed by atoms with van der Waals surface area (Å²) in [6.07, 6.45) is 11.0. The second kappa shape index (κ2) is 13.3. The number of hydrogen-bond acceptors (Lipinski definition) is 3. The van der Waals surface area contributed by atoms with Crippen molar-refractivity contribution in [2.24, 2.45) is 5.92 Å². The zero-order valence-electron chi connectivity index (χ0n) is 22.3. The number of esters is 1. The molecule has 0 radical (unpaired) electrons. The molecule has 1 rings (SSSR count). The van der Waals surface area contributed by atoms with Crippen molar-refractivity contribution in [3.05, 3.63) is 28.8 Å². The third kappa shape index (κ3) is 10.9. The molecule has 3 nitrogen and oxygen atoms in total. The summed E-state index contributed by atoms with van der Waals surface area (Å²) in [5.41, 5.74) is 2.66. The van der Waals surface area contributed by atoms with Crippen molar-refractivity contribution in [3.63, 3.8) is 0 Å². The number of carbonyl (C=O) groups is 1. The Balaban J connectivity index is 2.40. The quantitative estimate of drug-likeness (QED) is 0.245. The monoisotopic (exact) mass is 446 g/mol. The highest BCUT2D eigenvalue weighted by atomic mass is 16.5. The van der Waals surface area contributed by atoms with Crippen LogP contribution in [0.25, 0.3) is 0 Å². The van der Waals surface area contributed by atoms with Crippen molar-refractivity contribution in [3.8, 4) is 5.75 Å². The summed E-state index contributed by atoms with van der Waals surface area (Å²) in [4.78, 5) is 12.2. The van der Waals surface area contributed by atoms with Crippen LogP contribution in [0.2, 0.25) is 0 Å². The molecule has 0 saturated carbocycles. The van der Waals surface area contributed by atoms with Crippen molar-refractivity contribution in [2.75, 3.05) is 6.61 Å². The molecule has 0 saturated heterocycles. The standard InChI is InChI=1S/C29H50O3/c1-22(2)16-14-12-10-9-11-13-15-19-32-26(30)18-17-23-20-24(28(3,4)5)27(31)25(21-23)29(6,7)8/h20-22,31H,9-19H2,1-8H3. The topological polar surface area (TPSA) is 46.5 Å². The van der Waals surface area contributed by atoms with Crippen LogP contribution in [0.1, 0.15) is 130 Å². The van der Waals surface area contributed by atoms with Gasteiger partial charge in [0.1, 0.15) is 5.75 Å². The first kappa shape index (κ1) is 28.5. The fraction of sp³-hybridized carbons (Fsp3) is 0.759. The van der Waals surface area contributed by atoms with Crippen molar-refractivity contribution in [1.29, 1.82) is 0 Å². The molecule has 0 amide bonds. The van der Waals surface area contributed by atoms with Crippen molar-refractivity contribution in [2.45, 2.75) is 130 Å². The molecular weight excluding hydrogens is 396 g/mol. The van der Waals surface area contributed by atoms with E-state index in [9.17, 15) is 9.90 Å². The minimum atomic E-state index is -0.158. The third-order valence-electron chi connectivity index (χ3n) is 6.09. The number of aromatic hydroxyl groups is 1. The van der Waals surface area contributed by atoms with E-state index in [0.29, 0.717) is 25.2 Å². The highest BCUT2D eigenvalue weighted by molar-refractivity contribution is 5.69. The largest absolute Gasteiger partial charge is 0.507 e. The Labute approximate surface area is 198 Å². The summed E-state index contributed by atoms with van der Waals surface area (Å²) in [6.45, 7) is 17.8. The van der Waals surface area contributed by atoms with Crippen LogP contribution in [-0.2, 0) is 26.8 Å². The molecule has 0 unspecified atom stereocenters. The molecule has 1 aromatic rings. The van der Waals surface area contributed by atoms with Crippen molar-refractivity contribution >= 4 is 5.97 Å². The Bertz CT molecular complexity index is 654. The molecule has 1 aromatic carbocycles. The number of phenols is 1. The zero-order valence-corrected chi connectivity index (χ0v) is 22.3. The van der Waals surface area contributed by atoms with Crippen LogP contribution in [0.15, 0.2) is 12.1 Å². The molecule has 32 heavy (non-hydrogen) atoms. The SMILES string of the molecule is CC(C)CCCCCCCCCOC(=O)CCc1cc(C(C)(C)C)c(O)c(C(C)(C)C)c1. The zero-order chi connectivity index (χ0) is 24.4. The van der Waals surface area contributed by atoms with Gasteiger partial charge in [0.25, 0.3) is 0 Å². The minimum absolute atomic E-state index is 0.124. The van der Waals surface area contributed by atoms with Gasteiger partial charge in [-0.3, -0.25) is 4.79 Å². The molecule has 0 atom stereocenters. The van der Waals surface area contributed by atoms with Gasteiger partial charge < -0.3 is 9.84 Å². The van der Waals surface area contributed by atoms with Crippen LogP contribution >= 0.6 is 0 Å². The lowest BCUT2D eigenvalue weighted by Gasteiger charge is -2.28. The summed E-state index contributed by atoms with van der Waals surface area (Å²) >= 11 is 0. The van der Waals surface area contributed by atoms with Gasteiger partial charge in [-0.1, -0.05) is 112 Å². The van der Waals surface area contributed by atoms with Crippen LogP contribution in [-0.4, -0.2) is 17.7 Å². The lowest BCUT2D eigenvalue weighted by atomic mass is 9.78. The molecule has 3 heteroatoms. The van der Waals surface area contributed by atoms with E-state index < -0.39 is 0 Å². The molecule has 0 bridgehead atoms. The average molecular weight is 447 g/mol. The Morgan fingerprint density at radius 1 is 0.844 bits per heavy atom. The van der Waals surface area contributed by atoms with Crippen LogP contribution < -0.4 is 0 Å². The van der Waals surface area contributed by atoms with E-state index in [1.54, 1.807) is 0 Å². The number of ether oxygens (including phenoxy) is 1. The third-order valence-corrected chi connectivity index (χ3v) is 6.09. The highest BCUT2D eigenvalue weighted by Gasteiger charge is 2.26. The van der Waals surface area contributed by atoms with Gasteiger partial charge in [-0.05, 0) is 46.3 Å². The second-order valence-electron chi connectivity index (χ2n) is 11.9. The molecule has 0 aliphatic heterocycles. The smallest absolute Gasteiger partial charge is 0.306 e. The van der Waals surface area contributed by atoms with Gasteiger partial charge in [-0.2, -0.15) is 0 Å². The maximum absolute atomic E-state index is 12.2. The number of phenolic OH excluding ortho intramolecular Hbond substituents is 1.